The quantitative estimate of drug-likeness (QED) is 0.626. The van der Waals surface area contributed by atoms with Crippen molar-refractivity contribution in [1.82, 2.24) is 14.8 Å². The average molecular weight is 481 g/mol. The molecular weight excluding hydrogens is 462 g/mol. The van der Waals surface area contributed by atoms with Gasteiger partial charge in [-0.2, -0.15) is 0 Å². The van der Waals surface area contributed by atoms with E-state index in [0.29, 0.717) is 6.54 Å². The molecule has 0 saturated carbocycles. The number of fused-ring (bicyclic) bond motifs is 4. The van der Waals surface area contributed by atoms with Crippen LogP contribution in [-0.4, -0.2) is 33.6 Å². The molecule has 0 saturated heterocycles. The summed E-state index contributed by atoms with van der Waals surface area (Å²) in [4.78, 5) is 40.2. The predicted molar refractivity (Wildman–Crippen MR) is 111 cm³/mol. The van der Waals surface area contributed by atoms with Crippen molar-refractivity contribution in [3.8, 4) is 0 Å². The molecule has 9 heteroatoms. The molecule has 2 amide bonds. The van der Waals surface area contributed by atoms with E-state index in [2.05, 4.69) is 21.2 Å². The number of nitrogens with zero attached hydrogens (tertiary/aromatic N) is 2. The first-order valence-corrected chi connectivity index (χ1v) is 10.2. The van der Waals surface area contributed by atoms with E-state index >= 15 is 0 Å². The standard InChI is InChI=1S/C20H19BrClN3O4/c1-19(2,3)29-18(28)24-9-11-6-4-5-7-12(11)20(10-24)23-16(26)15-14(22)8-13(21)17(27)25(15)20/h4-8H,9-10H2,1-3H3,(H,23,26). The summed E-state index contributed by atoms with van der Waals surface area (Å²) in [6.07, 6.45) is -0.525. The van der Waals surface area contributed by atoms with Crippen LogP contribution in [0.15, 0.2) is 39.6 Å². The maximum absolute atomic E-state index is 13.1. The molecule has 0 bridgehead atoms. The minimum absolute atomic E-state index is 0.0321. The van der Waals surface area contributed by atoms with Gasteiger partial charge in [0.2, 0.25) is 0 Å². The van der Waals surface area contributed by atoms with Crippen molar-refractivity contribution in [3.05, 3.63) is 67.0 Å². The van der Waals surface area contributed by atoms with E-state index in [-0.39, 0.29) is 21.7 Å². The third kappa shape index (κ3) is 3.14. The molecule has 0 aliphatic carbocycles. The van der Waals surface area contributed by atoms with Crippen LogP contribution >= 0.6 is 27.5 Å². The molecule has 1 aromatic heterocycles. The average Bonchev–Trinajstić information content (AvgIpc) is 2.91. The zero-order valence-corrected chi connectivity index (χ0v) is 18.4. The lowest BCUT2D eigenvalue weighted by molar-refractivity contribution is 0.0122. The number of rotatable bonds is 0. The molecule has 1 unspecified atom stereocenters. The Labute approximate surface area is 180 Å². The number of hydrogen-bond acceptors (Lipinski definition) is 4. The monoisotopic (exact) mass is 479 g/mol. The number of nitrogens with one attached hydrogen (secondary N) is 1. The number of amides is 2. The lowest BCUT2D eigenvalue weighted by atomic mass is 9.89. The van der Waals surface area contributed by atoms with Crippen molar-refractivity contribution in [3.63, 3.8) is 0 Å². The summed E-state index contributed by atoms with van der Waals surface area (Å²) in [7, 11) is 0. The molecule has 0 fully saturated rings. The summed E-state index contributed by atoms with van der Waals surface area (Å²) in [6.45, 7) is 5.69. The van der Waals surface area contributed by atoms with Gasteiger partial charge in [-0.05, 0) is 48.3 Å². The first-order valence-electron chi connectivity index (χ1n) is 9.04. The lowest BCUT2D eigenvalue weighted by Gasteiger charge is -2.42. The molecule has 3 heterocycles. The van der Waals surface area contributed by atoms with Gasteiger partial charge in [0, 0.05) is 12.1 Å². The fourth-order valence-corrected chi connectivity index (χ4v) is 4.69. The maximum Gasteiger partial charge on any atom is 0.410 e. The summed E-state index contributed by atoms with van der Waals surface area (Å²) in [5.74, 6) is -0.472. The Kier molecular flexibility index (Phi) is 4.55. The smallest absolute Gasteiger partial charge is 0.410 e. The number of ether oxygens (including phenoxy) is 1. The molecule has 2 aliphatic heterocycles. The second kappa shape index (κ2) is 6.60. The highest BCUT2D eigenvalue weighted by atomic mass is 79.9. The van der Waals surface area contributed by atoms with Crippen molar-refractivity contribution in [2.45, 2.75) is 38.6 Å². The normalized spacial score (nSPS) is 20.3. The van der Waals surface area contributed by atoms with Crippen LogP contribution in [0.25, 0.3) is 0 Å². The second-order valence-electron chi connectivity index (χ2n) is 8.14. The van der Waals surface area contributed by atoms with Gasteiger partial charge in [0.15, 0.2) is 5.66 Å². The van der Waals surface area contributed by atoms with E-state index < -0.39 is 28.8 Å². The van der Waals surface area contributed by atoms with Crippen LogP contribution in [-0.2, 0) is 16.9 Å². The fraction of sp³-hybridized carbons (Fsp3) is 0.350. The van der Waals surface area contributed by atoms with E-state index in [1.165, 1.54) is 15.5 Å². The van der Waals surface area contributed by atoms with Crippen LogP contribution in [0, 0.1) is 0 Å². The van der Waals surface area contributed by atoms with Crippen molar-refractivity contribution in [2.24, 2.45) is 0 Å². The van der Waals surface area contributed by atoms with Crippen molar-refractivity contribution in [1.29, 1.82) is 0 Å². The molecule has 1 N–H and O–H groups in total. The minimum Gasteiger partial charge on any atom is -0.444 e. The molecule has 7 nitrogen and oxygen atoms in total. The Hall–Kier alpha value is -2.32. The van der Waals surface area contributed by atoms with Gasteiger partial charge < -0.3 is 10.1 Å². The largest absolute Gasteiger partial charge is 0.444 e. The van der Waals surface area contributed by atoms with Crippen LogP contribution in [0.3, 0.4) is 0 Å². The Morgan fingerprint density at radius 1 is 1.28 bits per heavy atom. The Morgan fingerprint density at radius 2 is 1.97 bits per heavy atom. The summed E-state index contributed by atoms with van der Waals surface area (Å²) in [6, 6.07) is 8.80. The number of carbonyl (C=O) groups is 2. The van der Waals surface area contributed by atoms with Crippen LogP contribution in [0.4, 0.5) is 4.79 Å². The Bertz CT molecular complexity index is 1110. The maximum atomic E-state index is 13.1. The number of aromatic nitrogens is 1. The van der Waals surface area contributed by atoms with Gasteiger partial charge in [0.1, 0.15) is 11.3 Å². The van der Waals surface area contributed by atoms with Gasteiger partial charge in [0.05, 0.1) is 16.0 Å². The summed E-state index contributed by atoms with van der Waals surface area (Å²) < 4.78 is 7.11. The van der Waals surface area contributed by atoms with Gasteiger partial charge in [-0.25, -0.2) is 4.79 Å². The number of benzene rings is 1. The fourth-order valence-electron chi connectivity index (χ4n) is 3.87. The van der Waals surface area contributed by atoms with E-state index in [0.717, 1.165) is 11.1 Å². The van der Waals surface area contributed by atoms with Crippen LogP contribution in [0.5, 0.6) is 0 Å². The van der Waals surface area contributed by atoms with Gasteiger partial charge in [-0.1, -0.05) is 35.9 Å². The van der Waals surface area contributed by atoms with Crippen LogP contribution < -0.4 is 10.9 Å². The number of halogens is 2. The summed E-state index contributed by atoms with van der Waals surface area (Å²) >= 11 is 9.53. The van der Waals surface area contributed by atoms with Crippen molar-refractivity contribution in [2.75, 3.05) is 6.54 Å². The van der Waals surface area contributed by atoms with Gasteiger partial charge in [-0.15, -0.1) is 0 Å². The van der Waals surface area contributed by atoms with E-state index in [4.69, 9.17) is 16.3 Å². The van der Waals surface area contributed by atoms with Gasteiger partial charge in [-0.3, -0.25) is 19.1 Å². The zero-order chi connectivity index (χ0) is 21.1. The molecule has 1 aromatic carbocycles. The van der Waals surface area contributed by atoms with Crippen molar-refractivity contribution < 1.29 is 14.3 Å². The second-order valence-corrected chi connectivity index (χ2v) is 9.40. The van der Waals surface area contributed by atoms with E-state index in [1.54, 1.807) is 20.8 Å². The molecule has 2 aromatic rings. The highest BCUT2D eigenvalue weighted by Gasteiger charge is 2.51. The molecule has 152 valence electrons. The SMILES string of the molecule is CC(C)(C)OC(=O)N1Cc2ccccc2C2(C1)NC(=O)c1c(Cl)cc(Br)c(=O)n12. The summed E-state index contributed by atoms with van der Waals surface area (Å²) in [5, 5.41) is 3.07. The molecule has 0 radical (unpaired) electrons. The van der Waals surface area contributed by atoms with E-state index in [9.17, 15) is 14.4 Å². The predicted octanol–water partition coefficient (Wildman–Crippen LogP) is 3.46. The Balaban J connectivity index is 1.94. The third-order valence-electron chi connectivity index (χ3n) is 4.92. The summed E-state index contributed by atoms with van der Waals surface area (Å²) in [5.41, 5.74) is -0.752. The number of hydrogen-bond donors (Lipinski definition) is 1. The van der Waals surface area contributed by atoms with Crippen LogP contribution in [0.1, 0.15) is 42.4 Å². The highest BCUT2D eigenvalue weighted by Crippen LogP contribution is 2.39. The van der Waals surface area contributed by atoms with Crippen molar-refractivity contribution >= 4 is 39.5 Å². The number of carbonyl (C=O) groups excluding carboxylic acids is 2. The highest BCUT2D eigenvalue weighted by molar-refractivity contribution is 9.10. The van der Waals surface area contributed by atoms with Gasteiger partial charge >= 0.3 is 6.09 Å². The molecule has 1 spiro atoms. The first kappa shape index (κ1) is 20.0. The van der Waals surface area contributed by atoms with Gasteiger partial charge in [0.25, 0.3) is 11.5 Å². The third-order valence-corrected chi connectivity index (χ3v) is 5.78. The lowest BCUT2D eigenvalue weighted by Crippen LogP contribution is -2.59. The molecule has 4 rings (SSSR count). The van der Waals surface area contributed by atoms with E-state index in [1.807, 2.05) is 24.3 Å². The first-order chi connectivity index (χ1) is 13.5. The molecule has 1 atom stereocenters. The minimum atomic E-state index is -1.28. The molecular formula is C20H19BrClN3O4. The zero-order valence-electron chi connectivity index (χ0n) is 16.1. The number of pyridine rings is 1. The molecule has 29 heavy (non-hydrogen) atoms. The molecule has 2 aliphatic rings. The Morgan fingerprint density at radius 3 is 2.66 bits per heavy atom. The van der Waals surface area contributed by atoms with Crippen LogP contribution in [0.2, 0.25) is 5.02 Å². The topological polar surface area (TPSA) is 80.6 Å².